The third-order valence-electron chi connectivity index (χ3n) is 7.98. The predicted molar refractivity (Wildman–Crippen MR) is 193 cm³/mol. The Morgan fingerprint density at radius 2 is 0.364 bits per heavy atom. The number of hydrogen-bond donors (Lipinski definition) is 0. The lowest BCUT2D eigenvalue weighted by Gasteiger charge is -2.35. The Balaban J connectivity index is 1.58. The fourth-order valence-corrected chi connectivity index (χ4v) is 13.3. The van der Waals surface area contributed by atoms with E-state index in [0.29, 0.717) is 36.4 Å². The maximum Gasteiger partial charge on any atom is 0.126 e. The Hall–Kier alpha value is -4.27. The first kappa shape index (κ1) is 40.4. The molecule has 0 N–H and O–H groups in total. The van der Waals surface area contributed by atoms with Gasteiger partial charge in [0.25, 0.3) is 0 Å². The topological polar surface area (TPSA) is 3.24 Å². The summed E-state index contributed by atoms with van der Waals surface area (Å²) < 4.78 is 177. The number of nitrogens with zero attached hydrogens (tertiary/aromatic N) is 1. The van der Waals surface area contributed by atoms with Gasteiger partial charge >= 0.3 is 0 Å². The summed E-state index contributed by atoms with van der Waals surface area (Å²) in [6.45, 7) is 0. The van der Waals surface area contributed by atoms with Gasteiger partial charge in [0.1, 0.15) is 69.8 Å². The lowest BCUT2D eigenvalue weighted by molar-refractivity contribution is 0.439. The third kappa shape index (κ3) is 10.5. The SMILES string of the molecule is Fc1cc(F)cc(P(CN(CP(c2cc(F)cc(F)c2)c2cc(F)cc(F)c2)CP(c2cc(F)cc(F)c2)c2cc(F)cc(F)c2)c2cc(F)cc(F)c2)c1. The van der Waals surface area contributed by atoms with E-state index in [-0.39, 0.29) is 31.8 Å². The van der Waals surface area contributed by atoms with Gasteiger partial charge in [-0.25, -0.2) is 52.7 Å². The molecule has 0 saturated heterocycles. The highest BCUT2D eigenvalue weighted by molar-refractivity contribution is 7.74. The third-order valence-corrected chi connectivity index (χ3v) is 15.3. The monoisotopic (exact) mass is 827 g/mol. The van der Waals surface area contributed by atoms with Crippen LogP contribution in [0.25, 0.3) is 0 Å². The molecular formula is C39H24F12NP3. The van der Waals surface area contributed by atoms with Crippen LogP contribution in [-0.2, 0) is 0 Å². The van der Waals surface area contributed by atoms with Crippen LogP contribution in [0.3, 0.4) is 0 Å². The van der Waals surface area contributed by atoms with Crippen LogP contribution in [0.15, 0.2) is 109 Å². The van der Waals surface area contributed by atoms with E-state index in [1.807, 2.05) is 0 Å². The number of halogens is 12. The van der Waals surface area contributed by atoms with Gasteiger partial charge in [-0.1, -0.05) is 0 Å². The van der Waals surface area contributed by atoms with Crippen molar-refractivity contribution in [3.05, 3.63) is 179 Å². The van der Waals surface area contributed by atoms with Crippen molar-refractivity contribution in [3.8, 4) is 0 Å². The zero-order valence-corrected chi connectivity index (χ0v) is 30.5. The van der Waals surface area contributed by atoms with Crippen LogP contribution < -0.4 is 31.8 Å². The van der Waals surface area contributed by atoms with Crippen molar-refractivity contribution in [2.45, 2.75) is 0 Å². The summed E-state index contributed by atoms with van der Waals surface area (Å²) in [6, 6.07) is 14.5. The Labute approximate surface area is 310 Å². The molecule has 0 spiro atoms. The van der Waals surface area contributed by atoms with Gasteiger partial charge in [-0.2, -0.15) is 0 Å². The van der Waals surface area contributed by atoms with Crippen LogP contribution in [-0.4, -0.2) is 23.8 Å². The van der Waals surface area contributed by atoms with E-state index >= 15 is 0 Å². The first-order valence-electron chi connectivity index (χ1n) is 15.9. The van der Waals surface area contributed by atoms with Gasteiger partial charge in [0, 0.05) is 55.3 Å². The summed E-state index contributed by atoms with van der Waals surface area (Å²) in [5.74, 6) is -12.6. The van der Waals surface area contributed by atoms with Crippen LogP contribution in [0.1, 0.15) is 0 Å². The second-order valence-electron chi connectivity index (χ2n) is 12.1. The van der Waals surface area contributed by atoms with Crippen molar-refractivity contribution < 1.29 is 52.7 Å². The summed E-state index contributed by atoms with van der Waals surface area (Å²) >= 11 is 0. The standard InChI is InChI=1S/C39H24F12NP3/c40-22-1-23(41)8-34(7-22)53(35-9-24(42)2-25(43)10-35)19-52(20-54(36-11-26(44)3-27(45)12-36)37-13-28(46)4-29(47)14-37)21-55(38-15-30(48)5-31(49)16-38)39-17-32(50)6-33(51)18-39/h1-18H,19-21H2. The zero-order chi connectivity index (χ0) is 39.6. The molecule has 0 saturated carbocycles. The van der Waals surface area contributed by atoms with Gasteiger partial charge in [-0.05, 0) is 128 Å². The summed E-state index contributed by atoms with van der Waals surface area (Å²) in [7, 11) is -6.74. The number of benzene rings is 6. The summed E-state index contributed by atoms with van der Waals surface area (Å²) in [5, 5.41) is -0.509. The van der Waals surface area contributed by atoms with Crippen LogP contribution in [0.2, 0.25) is 0 Å². The lowest BCUT2D eigenvalue weighted by atomic mass is 10.3. The first-order valence-corrected chi connectivity index (χ1v) is 20.5. The van der Waals surface area contributed by atoms with E-state index in [2.05, 4.69) is 0 Å². The van der Waals surface area contributed by atoms with E-state index < -0.39 is 112 Å². The van der Waals surface area contributed by atoms with Crippen molar-refractivity contribution >= 4 is 55.6 Å². The Kier molecular flexibility index (Phi) is 12.7. The van der Waals surface area contributed by atoms with Crippen LogP contribution in [0.5, 0.6) is 0 Å². The largest absolute Gasteiger partial charge is 0.289 e. The van der Waals surface area contributed by atoms with Gasteiger partial charge < -0.3 is 0 Å². The molecule has 0 bridgehead atoms. The fourth-order valence-electron chi connectivity index (χ4n) is 5.84. The van der Waals surface area contributed by atoms with E-state index in [1.165, 1.54) is 4.90 Å². The minimum absolute atomic E-state index is 0.0849. The molecular weight excluding hydrogens is 803 g/mol. The Morgan fingerprint density at radius 1 is 0.236 bits per heavy atom. The molecule has 0 aromatic heterocycles. The molecule has 0 radical (unpaired) electrons. The molecule has 0 aliphatic heterocycles. The van der Waals surface area contributed by atoms with Crippen molar-refractivity contribution in [3.63, 3.8) is 0 Å². The summed E-state index contributed by atoms with van der Waals surface area (Å²) in [4.78, 5) is 1.45. The van der Waals surface area contributed by atoms with Crippen molar-refractivity contribution in [1.29, 1.82) is 0 Å². The van der Waals surface area contributed by atoms with Crippen LogP contribution >= 0.6 is 23.8 Å². The molecule has 6 aromatic rings. The Bertz CT molecular complexity index is 1830. The van der Waals surface area contributed by atoms with Gasteiger partial charge in [-0.15, -0.1) is 0 Å². The van der Waals surface area contributed by atoms with Gasteiger partial charge in [0.2, 0.25) is 0 Å². The average Bonchev–Trinajstić information content (AvgIpc) is 3.05. The van der Waals surface area contributed by atoms with Crippen LogP contribution in [0.4, 0.5) is 52.7 Å². The molecule has 1 nitrogen and oxygen atoms in total. The highest BCUT2D eigenvalue weighted by Crippen LogP contribution is 2.45. The highest BCUT2D eigenvalue weighted by Gasteiger charge is 2.29. The molecule has 16 heteroatoms. The quantitative estimate of drug-likeness (QED) is 0.0880. The van der Waals surface area contributed by atoms with E-state index in [9.17, 15) is 52.7 Å². The first-order chi connectivity index (χ1) is 26.1. The molecule has 6 rings (SSSR count). The highest BCUT2D eigenvalue weighted by atomic mass is 31.1. The molecule has 0 amide bonds. The van der Waals surface area contributed by atoms with E-state index in [4.69, 9.17) is 0 Å². The minimum atomic E-state index is -2.25. The van der Waals surface area contributed by atoms with Gasteiger partial charge in [0.05, 0.1) is 0 Å². The zero-order valence-electron chi connectivity index (χ0n) is 27.8. The van der Waals surface area contributed by atoms with E-state index in [0.717, 1.165) is 72.8 Å². The van der Waals surface area contributed by atoms with Crippen LogP contribution in [0, 0.1) is 69.8 Å². The maximum atomic E-state index is 14.7. The van der Waals surface area contributed by atoms with Crippen molar-refractivity contribution in [1.82, 2.24) is 4.90 Å². The summed E-state index contributed by atoms with van der Waals surface area (Å²) in [5.41, 5.74) is 0. The second kappa shape index (κ2) is 17.3. The second-order valence-corrected chi connectivity index (χ2v) is 18.7. The average molecular weight is 828 g/mol. The summed E-state index contributed by atoms with van der Waals surface area (Å²) in [6.07, 6.45) is -1.24. The van der Waals surface area contributed by atoms with Crippen molar-refractivity contribution in [2.75, 3.05) is 18.9 Å². The van der Waals surface area contributed by atoms with Crippen molar-refractivity contribution in [2.24, 2.45) is 0 Å². The fraction of sp³-hybridized carbons (Fsp3) is 0.0769. The predicted octanol–water partition coefficient (Wildman–Crippen LogP) is 9.23. The smallest absolute Gasteiger partial charge is 0.126 e. The lowest BCUT2D eigenvalue weighted by Crippen LogP contribution is -2.35. The van der Waals surface area contributed by atoms with Gasteiger partial charge in [0.15, 0.2) is 0 Å². The molecule has 6 aromatic carbocycles. The molecule has 0 aliphatic rings. The molecule has 284 valence electrons. The molecule has 55 heavy (non-hydrogen) atoms. The maximum absolute atomic E-state index is 14.7. The minimum Gasteiger partial charge on any atom is -0.289 e. The molecule has 0 heterocycles. The number of rotatable bonds is 12. The molecule has 0 aliphatic carbocycles. The molecule has 0 unspecified atom stereocenters. The molecule has 0 atom stereocenters. The molecule has 0 fully saturated rings. The Morgan fingerprint density at radius 3 is 0.491 bits per heavy atom. The number of hydrogen-bond acceptors (Lipinski definition) is 1. The van der Waals surface area contributed by atoms with Gasteiger partial charge in [-0.3, -0.25) is 4.90 Å². The van der Waals surface area contributed by atoms with E-state index in [1.54, 1.807) is 0 Å². The normalized spacial score (nSPS) is 11.8.